The van der Waals surface area contributed by atoms with Crippen molar-refractivity contribution in [3.05, 3.63) is 83.2 Å². The highest BCUT2D eigenvalue weighted by Crippen LogP contribution is 2.25. The normalized spacial score (nSPS) is 13.6. The highest BCUT2D eigenvalue weighted by molar-refractivity contribution is 5.82. The molecule has 0 saturated carbocycles. The molecule has 0 aliphatic carbocycles. The van der Waals surface area contributed by atoms with E-state index in [-0.39, 0.29) is 5.69 Å². The van der Waals surface area contributed by atoms with E-state index >= 15 is 0 Å². The van der Waals surface area contributed by atoms with Crippen LogP contribution in [0.25, 0.3) is 33.5 Å². The Hall–Kier alpha value is -4.24. The smallest absolute Gasteiger partial charge is 0.334 e. The zero-order valence-electron chi connectivity index (χ0n) is 20.4. The van der Waals surface area contributed by atoms with Crippen LogP contribution in [0.15, 0.2) is 71.9 Å². The average Bonchev–Trinajstić information content (AvgIpc) is 3.48. The molecule has 9 nitrogen and oxygen atoms in total. The number of hydrogen-bond donors (Lipinski definition) is 0. The Bertz CT molecular complexity index is 1560. The molecule has 1 saturated heterocycles. The number of benzene rings is 1. The van der Waals surface area contributed by atoms with Crippen molar-refractivity contribution in [2.45, 2.75) is 20.4 Å². The molecule has 0 bridgehead atoms. The molecule has 5 aromatic rings. The molecule has 184 valence electrons. The number of nitrogens with zero attached hydrogens (tertiary/aromatic N) is 6. The lowest BCUT2D eigenvalue weighted by Crippen LogP contribution is -2.34. The SMILES string of the molecule is CCn1c(=O)n(-c2ccc(-c3cnn4ccccc34)cn2)c2c(C)cccc21.O=CN1CCOCC1. The van der Waals surface area contributed by atoms with Gasteiger partial charge in [-0.3, -0.25) is 9.36 Å². The summed E-state index contributed by atoms with van der Waals surface area (Å²) in [6.45, 7) is 7.51. The molecule has 5 heterocycles. The van der Waals surface area contributed by atoms with Gasteiger partial charge in [0.25, 0.3) is 0 Å². The number of morpholine rings is 1. The number of amides is 1. The van der Waals surface area contributed by atoms with E-state index in [0.29, 0.717) is 25.6 Å². The van der Waals surface area contributed by atoms with Gasteiger partial charge >= 0.3 is 5.69 Å². The fraction of sp³-hybridized carbons (Fsp3) is 0.259. The number of carbonyl (C=O) groups is 1. The van der Waals surface area contributed by atoms with E-state index in [1.165, 1.54) is 0 Å². The Morgan fingerprint density at radius 3 is 2.50 bits per heavy atom. The zero-order valence-corrected chi connectivity index (χ0v) is 20.4. The lowest BCUT2D eigenvalue weighted by molar-refractivity contribution is -0.121. The van der Waals surface area contributed by atoms with Crippen molar-refractivity contribution in [2.24, 2.45) is 0 Å². The van der Waals surface area contributed by atoms with Crippen molar-refractivity contribution >= 4 is 23.0 Å². The van der Waals surface area contributed by atoms with Crippen LogP contribution in [-0.2, 0) is 16.1 Å². The number of fused-ring (bicyclic) bond motifs is 2. The molecule has 1 aliphatic rings. The number of carbonyl (C=O) groups excluding carboxylic acids is 1. The van der Waals surface area contributed by atoms with Gasteiger partial charge in [-0.25, -0.2) is 18.9 Å². The molecule has 1 fully saturated rings. The topological polar surface area (TPSA) is 86.7 Å². The molecule has 0 radical (unpaired) electrons. The third-order valence-electron chi connectivity index (χ3n) is 6.38. The quantitative estimate of drug-likeness (QED) is 0.366. The summed E-state index contributed by atoms with van der Waals surface area (Å²) in [6, 6.07) is 15.8. The highest BCUT2D eigenvalue weighted by atomic mass is 16.5. The summed E-state index contributed by atoms with van der Waals surface area (Å²) in [6.07, 6.45) is 6.43. The predicted molar refractivity (Wildman–Crippen MR) is 138 cm³/mol. The maximum Gasteiger partial charge on any atom is 0.334 e. The van der Waals surface area contributed by atoms with E-state index in [9.17, 15) is 9.59 Å². The van der Waals surface area contributed by atoms with Crippen LogP contribution in [0.2, 0.25) is 0 Å². The minimum absolute atomic E-state index is 0.0666. The van der Waals surface area contributed by atoms with E-state index in [0.717, 1.165) is 52.7 Å². The molecule has 9 heteroatoms. The van der Waals surface area contributed by atoms with Crippen LogP contribution in [0.3, 0.4) is 0 Å². The Kier molecular flexibility index (Phi) is 6.64. The van der Waals surface area contributed by atoms with E-state index in [2.05, 4.69) is 10.1 Å². The molecular weight excluding hydrogens is 456 g/mol. The molecule has 0 unspecified atom stereocenters. The van der Waals surface area contributed by atoms with Crippen molar-refractivity contribution in [1.82, 2.24) is 28.6 Å². The molecule has 0 N–H and O–H groups in total. The third kappa shape index (κ3) is 4.29. The first-order chi connectivity index (χ1) is 17.6. The maximum atomic E-state index is 13.0. The lowest BCUT2D eigenvalue weighted by atomic mass is 10.1. The van der Waals surface area contributed by atoms with Crippen LogP contribution in [0.4, 0.5) is 0 Å². The van der Waals surface area contributed by atoms with Gasteiger partial charge < -0.3 is 9.64 Å². The standard InChI is InChI=1S/C22H19N5O.C5H9NO2/c1-3-25-19-9-6-7-15(2)21(19)27(22(25)28)20-11-10-16(13-23-20)17-14-24-26-12-5-4-8-18(17)26;7-5-6-1-3-8-4-2-6/h4-14H,3H2,1-2H3;5H,1-4H2. The summed E-state index contributed by atoms with van der Waals surface area (Å²) >= 11 is 0. The van der Waals surface area contributed by atoms with Gasteiger partial charge in [0.05, 0.1) is 36.0 Å². The van der Waals surface area contributed by atoms with Gasteiger partial charge in [0.2, 0.25) is 6.41 Å². The molecule has 1 aromatic carbocycles. The van der Waals surface area contributed by atoms with Gasteiger partial charge in [-0.05, 0) is 49.7 Å². The summed E-state index contributed by atoms with van der Waals surface area (Å²) in [5.41, 5.74) is 5.82. The van der Waals surface area contributed by atoms with Gasteiger partial charge in [0.1, 0.15) is 5.82 Å². The van der Waals surface area contributed by atoms with E-state index in [1.807, 2.05) is 79.3 Å². The fourth-order valence-corrected chi connectivity index (χ4v) is 4.51. The number of aryl methyl sites for hydroxylation is 2. The van der Waals surface area contributed by atoms with Crippen molar-refractivity contribution < 1.29 is 9.53 Å². The second kappa shape index (κ2) is 10.2. The van der Waals surface area contributed by atoms with Gasteiger partial charge in [-0.1, -0.05) is 18.2 Å². The van der Waals surface area contributed by atoms with Crippen molar-refractivity contribution in [1.29, 1.82) is 0 Å². The van der Waals surface area contributed by atoms with E-state index in [4.69, 9.17) is 4.74 Å². The average molecular weight is 485 g/mol. The minimum atomic E-state index is -0.0666. The van der Waals surface area contributed by atoms with Crippen molar-refractivity contribution in [2.75, 3.05) is 26.3 Å². The number of pyridine rings is 2. The predicted octanol–water partition coefficient (Wildman–Crippen LogP) is 3.31. The molecule has 1 aliphatic heterocycles. The van der Waals surface area contributed by atoms with Gasteiger partial charge in [0, 0.05) is 43.2 Å². The Labute approximate surface area is 208 Å². The summed E-state index contributed by atoms with van der Waals surface area (Å²) in [5, 5.41) is 4.39. The van der Waals surface area contributed by atoms with Crippen LogP contribution in [-0.4, -0.2) is 61.3 Å². The first kappa shape index (κ1) is 23.5. The van der Waals surface area contributed by atoms with Crippen LogP contribution in [0.5, 0.6) is 0 Å². The summed E-state index contributed by atoms with van der Waals surface area (Å²) in [7, 11) is 0. The Morgan fingerprint density at radius 2 is 1.81 bits per heavy atom. The van der Waals surface area contributed by atoms with Crippen LogP contribution in [0, 0.1) is 6.92 Å². The molecule has 36 heavy (non-hydrogen) atoms. The Morgan fingerprint density at radius 1 is 1.00 bits per heavy atom. The van der Waals surface area contributed by atoms with Crippen LogP contribution < -0.4 is 5.69 Å². The highest BCUT2D eigenvalue weighted by Gasteiger charge is 2.16. The maximum absolute atomic E-state index is 13.0. The van der Waals surface area contributed by atoms with Gasteiger partial charge in [0.15, 0.2) is 0 Å². The number of imidazole rings is 1. The fourth-order valence-electron chi connectivity index (χ4n) is 4.51. The summed E-state index contributed by atoms with van der Waals surface area (Å²) in [5.74, 6) is 0.622. The molecule has 6 rings (SSSR count). The molecule has 0 atom stereocenters. The van der Waals surface area contributed by atoms with Crippen molar-refractivity contribution in [3.63, 3.8) is 0 Å². The largest absolute Gasteiger partial charge is 0.378 e. The third-order valence-corrected chi connectivity index (χ3v) is 6.38. The number of hydrogen-bond acceptors (Lipinski definition) is 5. The van der Waals surface area contributed by atoms with Crippen LogP contribution >= 0.6 is 0 Å². The van der Waals surface area contributed by atoms with Crippen LogP contribution in [0.1, 0.15) is 12.5 Å². The second-order valence-electron chi connectivity index (χ2n) is 8.55. The lowest BCUT2D eigenvalue weighted by Gasteiger charge is -2.21. The zero-order chi connectivity index (χ0) is 25.1. The molecular formula is C27H28N6O3. The van der Waals surface area contributed by atoms with Gasteiger partial charge in [-0.2, -0.15) is 5.10 Å². The number of para-hydroxylation sites is 1. The second-order valence-corrected chi connectivity index (χ2v) is 8.55. The monoisotopic (exact) mass is 484 g/mol. The first-order valence-electron chi connectivity index (χ1n) is 12.0. The summed E-state index contributed by atoms with van der Waals surface area (Å²) < 4.78 is 10.3. The summed E-state index contributed by atoms with van der Waals surface area (Å²) in [4.78, 5) is 29.4. The number of ether oxygens (including phenoxy) is 1. The molecule has 0 spiro atoms. The Balaban J connectivity index is 0.000000286. The minimum Gasteiger partial charge on any atom is -0.378 e. The molecule has 1 amide bonds. The van der Waals surface area contributed by atoms with E-state index in [1.54, 1.807) is 20.2 Å². The molecule has 4 aromatic heterocycles. The number of rotatable bonds is 4. The number of aromatic nitrogens is 5. The van der Waals surface area contributed by atoms with Crippen molar-refractivity contribution in [3.8, 4) is 16.9 Å². The van der Waals surface area contributed by atoms with Gasteiger partial charge in [-0.15, -0.1) is 0 Å². The first-order valence-corrected chi connectivity index (χ1v) is 12.0. The van der Waals surface area contributed by atoms with E-state index < -0.39 is 0 Å².